The van der Waals surface area contributed by atoms with Crippen LogP contribution in [0.15, 0.2) is 51.5 Å². The molecule has 4 nitrogen and oxygen atoms in total. The molecule has 0 amide bonds. The fourth-order valence-corrected chi connectivity index (χ4v) is 3.53. The molecule has 2 aliphatic rings. The summed E-state index contributed by atoms with van der Waals surface area (Å²) < 4.78 is 6.49. The fourth-order valence-electron chi connectivity index (χ4n) is 3.11. The van der Waals surface area contributed by atoms with Gasteiger partial charge in [0.25, 0.3) is 0 Å². The molecule has 0 spiro atoms. The zero-order valence-electron chi connectivity index (χ0n) is 12.1. The number of nitrogens with zero attached hydrogens (tertiary/aromatic N) is 1. The minimum atomic E-state index is -0.439. The topological polar surface area (TPSA) is 76.1 Å². The summed E-state index contributed by atoms with van der Waals surface area (Å²) in [6.45, 7) is 2.01. The van der Waals surface area contributed by atoms with E-state index in [0.717, 1.165) is 10.0 Å². The second-order valence-electron chi connectivity index (χ2n) is 5.75. The predicted octanol–water partition coefficient (Wildman–Crippen LogP) is 3.51. The fraction of sp³-hybridized carbons (Fsp3) is 0.294. The summed E-state index contributed by atoms with van der Waals surface area (Å²) in [5.74, 6) is 0.550. The number of hydrogen-bond acceptors (Lipinski definition) is 4. The van der Waals surface area contributed by atoms with Crippen LogP contribution in [0.2, 0.25) is 0 Å². The van der Waals surface area contributed by atoms with Crippen molar-refractivity contribution < 1.29 is 9.53 Å². The summed E-state index contributed by atoms with van der Waals surface area (Å²) in [5, 5.41) is 9.48. The Morgan fingerprint density at radius 2 is 2.18 bits per heavy atom. The molecule has 0 bridgehead atoms. The monoisotopic (exact) mass is 358 g/mol. The molecule has 112 valence electrons. The molecule has 5 heteroatoms. The highest BCUT2D eigenvalue weighted by Crippen LogP contribution is 2.44. The number of nitriles is 1. The van der Waals surface area contributed by atoms with Crippen LogP contribution < -0.4 is 5.73 Å². The number of benzene rings is 1. The van der Waals surface area contributed by atoms with E-state index in [1.165, 1.54) is 0 Å². The van der Waals surface area contributed by atoms with Gasteiger partial charge in [-0.3, -0.25) is 4.79 Å². The zero-order chi connectivity index (χ0) is 15.9. The van der Waals surface area contributed by atoms with Crippen LogP contribution in [0.4, 0.5) is 0 Å². The Hall–Kier alpha value is -2.06. The molecule has 1 aliphatic heterocycles. The molecule has 3 rings (SSSR count). The van der Waals surface area contributed by atoms with Gasteiger partial charge in [-0.15, -0.1) is 0 Å². The lowest BCUT2D eigenvalue weighted by Gasteiger charge is -2.33. The third-order valence-corrected chi connectivity index (χ3v) is 4.54. The molecule has 0 saturated carbocycles. The molecular weight excluding hydrogens is 344 g/mol. The maximum atomic E-state index is 12.6. The van der Waals surface area contributed by atoms with Crippen molar-refractivity contribution >= 4 is 21.7 Å². The van der Waals surface area contributed by atoms with Crippen LogP contribution in [0, 0.1) is 17.2 Å². The SMILES string of the molecule is C[C@H]1CC(=O)C2=C(C1)OC(N)=C(C#N)[C@H]2c1cccc(Br)c1. The van der Waals surface area contributed by atoms with Crippen molar-refractivity contribution in [3.05, 3.63) is 57.1 Å². The van der Waals surface area contributed by atoms with Gasteiger partial charge < -0.3 is 10.5 Å². The van der Waals surface area contributed by atoms with Gasteiger partial charge in [0.15, 0.2) is 5.78 Å². The van der Waals surface area contributed by atoms with Crippen molar-refractivity contribution in [2.45, 2.75) is 25.7 Å². The number of ketones is 1. The smallest absolute Gasteiger partial charge is 0.205 e. The predicted molar refractivity (Wildman–Crippen MR) is 85.2 cm³/mol. The van der Waals surface area contributed by atoms with Gasteiger partial charge in [-0.25, -0.2) is 0 Å². The van der Waals surface area contributed by atoms with E-state index in [-0.39, 0.29) is 17.6 Å². The van der Waals surface area contributed by atoms with Crippen molar-refractivity contribution in [1.82, 2.24) is 0 Å². The van der Waals surface area contributed by atoms with E-state index in [2.05, 4.69) is 22.0 Å². The van der Waals surface area contributed by atoms with Crippen molar-refractivity contribution in [1.29, 1.82) is 5.26 Å². The van der Waals surface area contributed by atoms with Crippen LogP contribution in [0.3, 0.4) is 0 Å². The molecule has 0 unspecified atom stereocenters. The van der Waals surface area contributed by atoms with Crippen LogP contribution in [0.25, 0.3) is 0 Å². The summed E-state index contributed by atoms with van der Waals surface area (Å²) in [4.78, 5) is 12.6. The summed E-state index contributed by atoms with van der Waals surface area (Å²) in [6, 6.07) is 9.72. The molecule has 1 aliphatic carbocycles. The summed E-state index contributed by atoms with van der Waals surface area (Å²) in [7, 11) is 0. The zero-order valence-corrected chi connectivity index (χ0v) is 13.7. The van der Waals surface area contributed by atoms with Crippen molar-refractivity contribution in [3.63, 3.8) is 0 Å². The summed E-state index contributed by atoms with van der Waals surface area (Å²) in [6.07, 6.45) is 1.15. The largest absolute Gasteiger partial charge is 0.444 e. The summed E-state index contributed by atoms with van der Waals surface area (Å²) in [5.41, 5.74) is 7.69. The maximum absolute atomic E-state index is 12.6. The molecule has 2 N–H and O–H groups in total. The third kappa shape index (κ3) is 2.44. The Balaban J connectivity index is 2.19. The van der Waals surface area contributed by atoms with Gasteiger partial charge in [-0.1, -0.05) is 35.0 Å². The van der Waals surface area contributed by atoms with Gasteiger partial charge in [-0.2, -0.15) is 5.26 Å². The first kappa shape index (κ1) is 14.9. The number of ether oxygens (including phenoxy) is 1. The minimum absolute atomic E-state index is 0.0407. The molecule has 0 saturated heterocycles. The Morgan fingerprint density at radius 3 is 2.86 bits per heavy atom. The number of hydrogen-bond donors (Lipinski definition) is 1. The molecule has 1 aromatic rings. The van der Waals surface area contributed by atoms with Gasteiger partial charge in [0, 0.05) is 22.9 Å². The van der Waals surface area contributed by atoms with E-state index >= 15 is 0 Å². The molecule has 1 aromatic carbocycles. The third-order valence-electron chi connectivity index (χ3n) is 4.05. The van der Waals surface area contributed by atoms with Gasteiger partial charge in [0.05, 0.1) is 5.92 Å². The van der Waals surface area contributed by atoms with Gasteiger partial charge in [0.1, 0.15) is 17.4 Å². The molecule has 0 fully saturated rings. The Morgan fingerprint density at radius 1 is 1.41 bits per heavy atom. The van der Waals surface area contributed by atoms with Crippen LogP contribution in [0.5, 0.6) is 0 Å². The molecule has 1 heterocycles. The molecule has 0 aromatic heterocycles. The first-order valence-corrected chi connectivity index (χ1v) is 7.89. The van der Waals surface area contributed by atoms with Crippen molar-refractivity contribution in [3.8, 4) is 6.07 Å². The standard InChI is InChI=1S/C17H15BrN2O2/c1-9-5-13(21)16-14(6-9)22-17(20)12(8-19)15(16)10-3-2-4-11(18)7-10/h2-4,7,9,15H,5-6,20H2,1H3/t9-,15+/m0/s1. The number of halogens is 1. The van der Waals surface area contributed by atoms with Crippen LogP contribution >= 0.6 is 15.9 Å². The average Bonchev–Trinajstić information content (AvgIpc) is 2.45. The van der Waals surface area contributed by atoms with Crippen LogP contribution in [0.1, 0.15) is 31.2 Å². The van der Waals surface area contributed by atoms with E-state index in [1.54, 1.807) is 0 Å². The molecular formula is C17H15BrN2O2. The minimum Gasteiger partial charge on any atom is -0.444 e. The van der Waals surface area contributed by atoms with Gasteiger partial charge >= 0.3 is 0 Å². The Kier molecular flexibility index (Phi) is 3.79. The lowest BCUT2D eigenvalue weighted by atomic mass is 9.75. The number of nitrogens with two attached hydrogens (primary N) is 1. The van der Waals surface area contributed by atoms with E-state index in [1.807, 2.05) is 31.2 Å². The van der Waals surface area contributed by atoms with Crippen molar-refractivity contribution in [2.24, 2.45) is 11.7 Å². The average molecular weight is 359 g/mol. The van der Waals surface area contributed by atoms with Gasteiger partial charge in [-0.05, 0) is 23.6 Å². The highest BCUT2D eigenvalue weighted by molar-refractivity contribution is 9.10. The normalized spacial score (nSPS) is 24.7. The maximum Gasteiger partial charge on any atom is 0.205 e. The van der Waals surface area contributed by atoms with Crippen LogP contribution in [-0.4, -0.2) is 5.78 Å². The summed E-state index contributed by atoms with van der Waals surface area (Å²) >= 11 is 3.44. The number of Topliss-reactive ketones (excluding diaryl/α,β-unsaturated/α-hetero) is 1. The first-order valence-electron chi connectivity index (χ1n) is 7.10. The number of carbonyl (C=O) groups is 1. The van der Waals surface area contributed by atoms with Crippen LogP contribution in [-0.2, 0) is 9.53 Å². The first-order chi connectivity index (χ1) is 10.5. The molecule has 0 radical (unpaired) electrons. The number of rotatable bonds is 1. The van der Waals surface area contributed by atoms with E-state index < -0.39 is 5.92 Å². The van der Waals surface area contributed by atoms with Crippen molar-refractivity contribution in [2.75, 3.05) is 0 Å². The lowest BCUT2D eigenvalue weighted by molar-refractivity contribution is -0.117. The molecule has 22 heavy (non-hydrogen) atoms. The number of allylic oxidation sites excluding steroid dienone is 3. The Bertz CT molecular complexity index is 758. The molecule has 2 atom stereocenters. The highest BCUT2D eigenvalue weighted by atomic mass is 79.9. The highest BCUT2D eigenvalue weighted by Gasteiger charge is 2.39. The van der Waals surface area contributed by atoms with E-state index in [0.29, 0.717) is 29.7 Å². The van der Waals surface area contributed by atoms with E-state index in [9.17, 15) is 10.1 Å². The second kappa shape index (κ2) is 5.62. The Labute approximate surface area is 137 Å². The second-order valence-corrected chi connectivity index (χ2v) is 6.67. The van der Waals surface area contributed by atoms with Gasteiger partial charge in [0.2, 0.25) is 5.88 Å². The van der Waals surface area contributed by atoms with E-state index in [4.69, 9.17) is 10.5 Å². The lowest BCUT2D eigenvalue weighted by Crippen LogP contribution is -2.29. The quantitative estimate of drug-likeness (QED) is 0.833. The number of carbonyl (C=O) groups excluding carboxylic acids is 1.